The van der Waals surface area contributed by atoms with Crippen molar-refractivity contribution in [3.8, 4) is 22.6 Å². The summed E-state index contributed by atoms with van der Waals surface area (Å²) in [7, 11) is 1.28. The predicted molar refractivity (Wildman–Crippen MR) is 123 cm³/mol. The Bertz CT molecular complexity index is 1420. The van der Waals surface area contributed by atoms with Crippen LogP contribution < -0.4 is 5.32 Å². The summed E-state index contributed by atoms with van der Waals surface area (Å²) in [4.78, 5) is 25.6. The second kappa shape index (κ2) is 8.88. The molecule has 1 N–H and O–H groups in total. The van der Waals surface area contributed by atoms with Gasteiger partial charge >= 0.3 is 5.97 Å². The first-order valence-corrected chi connectivity index (χ1v) is 10.3. The number of nitrogens with zero attached hydrogens (tertiary/aromatic N) is 4. The van der Waals surface area contributed by atoms with Gasteiger partial charge in [-0.05, 0) is 29.3 Å². The van der Waals surface area contributed by atoms with E-state index >= 15 is 0 Å². The maximum atomic E-state index is 11.8. The van der Waals surface area contributed by atoms with E-state index in [9.17, 15) is 4.79 Å². The summed E-state index contributed by atoms with van der Waals surface area (Å²) in [6.45, 7) is 0.474. The Labute approximate surface area is 189 Å². The van der Waals surface area contributed by atoms with Gasteiger partial charge in [0.15, 0.2) is 11.5 Å². The van der Waals surface area contributed by atoms with Gasteiger partial charge in [-0.1, -0.05) is 53.7 Å². The molecule has 3 heterocycles. The molecule has 0 radical (unpaired) electrons. The standard InChI is InChI=1S/C25H19N5O3/c1-32-25(31)21-14-20(30-33-21)23-28-19-12-7-11-18(16-8-3-2-4-9-16)22(19)24(29-23)27-15-17-10-5-6-13-26-17/h2-14H,15H2,1H3,(H,27,28,29). The van der Waals surface area contributed by atoms with Crippen molar-refractivity contribution in [3.05, 3.63) is 90.4 Å². The van der Waals surface area contributed by atoms with Crippen LogP contribution in [-0.4, -0.2) is 33.2 Å². The first-order chi connectivity index (χ1) is 16.2. The smallest absolute Gasteiger partial charge is 0.376 e. The molecule has 0 unspecified atom stereocenters. The van der Waals surface area contributed by atoms with Crippen LogP contribution in [0.1, 0.15) is 16.2 Å². The molecule has 2 aromatic carbocycles. The molecule has 0 spiro atoms. The van der Waals surface area contributed by atoms with Crippen molar-refractivity contribution < 1.29 is 14.1 Å². The lowest BCUT2D eigenvalue weighted by molar-refractivity contribution is 0.0554. The van der Waals surface area contributed by atoms with Gasteiger partial charge in [-0.15, -0.1) is 0 Å². The molecule has 0 aliphatic rings. The van der Waals surface area contributed by atoms with Crippen LogP contribution in [0, 0.1) is 0 Å². The van der Waals surface area contributed by atoms with Crippen molar-refractivity contribution in [1.29, 1.82) is 0 Å². The fourth-order valence-corrected chi connectivity index (χ4v) is 3.54. The monoisotopic (exact) mass is 437 g/mol. The molecule has 0 fully saturated rings. The van der Waals surface area contributed by atoms with E-state index in [1.54, 1.807) is 6.20 Å². The molecule has 0 amide bonds. The van der Waals surface area contributed by atoms with Crippen molar-refractivity contribution in [2.45, 2.75) is 6.54 Å². The van der Waals surface area contributed by atoms with Crippen LogP contribution in [-0.2, 0) is 11.3 Å². The Morgan fingerprint density at radius 3 is 2.64 bits per heavy atom. The van der Waals surface area contributed by atoms with Crippen molar-refractivity contribution in [1.82, 2.24) is 20.1 Å². The molecule has 0 atom stereocenters. The van der Waals surface area contributed by atoms with Gasteiger partial charge in [0.05, 0.1) is 30.3 Å². The molecule has 0 bridgehead atoms. The minimum absolute atomic E-state index is 0.0165. The van der Waals surface area contributed by atoms with Gasteiger partial charge in [-0.2, -0.15) is 0 Å². The Kier molecular flexibility index (Phi) is 5.47. The summed E-state index contributed by atoms with van der Waals surface area (Å²) in [5.41, 5.74) is 3.99. The molecular formula is C25H19N5O3. The highest BCUT2D eigenvalue weighted by atomic mass is 16.5. The third-order valence-electron chi connectivity index (χ3n) is 5.10. The van der Waals surface area contributed by atoms with E-state index in [-0.39, 0.29) is 5.76 Å². The van der Waals surface area contributed by atoms with Gasteiger partial charge in [-0.25, -0.2) is 14.8 Å². The van der Waals surface area contributed by atoms with E-state index in [0.717, 1.165) is 27.7 Å². The molecule has 5 rings (SSSR count). The van der Waals surface area contributed by atoms with Gasteiger partial charge in [0.25, 0.3) is 0 Å². The number of pyridine rings is 1. The number of anilines is 1. The molecule has 0 aliphatic carbocycles. The molecule has 5 aromatic rings. The van der Waals surface area contributed by atoms with Crippen LogP contribution in [0.4, 0.5) is 5.82 Å². The number of hydrogen-bond acceptors (Lipinski definition) is 8. The largest absolute Gasteiger partial charge is 0.463 e. The summed E-state index contributed by atoms with van der Waals surface area (Å²) in [5.74, 6) is 0.324. The van der Waals surface area contributed by atoms with Crippen molar-refractivity contribution in [3.63, 3.8) is 0 Å². The lowest BCUT2D eigenvalue weighted by Crippen LogP contribution is -2.06. The highest BCUT2D eigenvalue weighted by molar-refractivity contribution is 6.02. The number of ether oxygens (including phenoxy) is 1. The summed E-state index contributed by atoms with van der Waals surface area (Å²) < 4.78 is 9.81. The number of carbonyl (C=O) groups is 1. The van der Waals surface area contributed by atoms with Crippen molar-refractivity contribution >= 4 is 22.7 Å². The molecule has 8 nitrogen and oxygen atoms in total. The van der Waals surface area contributed by atoms with E-state index in [1.165, 1.54) is 13.2 Å². The van der Waals surface area contributed by atoms with Crippen LogP contribution >= 0.6 is 0 Å². The number of nitrogens with one attached hydrogen (secondary N) is 1. The summed E-state index contributed by atoms with van der Waals surface area (Å²) in [6.07, 6.45) is 1.75. The summed E-state index contributed by atoms with van der Waals surface area (Å²) >= 11 is 0. The van der Waals surface area contributed by atoms with Crippen LogP contribution in [0.2, 0.25) is 0 Å². The SMILES string of the molecule is COC(=O)c1cc(-c2nc(NCc3ccccn3)c3c(-c4ccccc4)cccc3n2)no1. The van der Waals surface area contributed by atoms with Gasteiger partial charge in [0.2, 0.25) is 5.76 Å². The molecule has 0 saturated heterocycles. The van der Waals surface area contributed by atoms with E-state index in [0.29, 0.717) is 23.9 Å². The Morgan fingerprint density at radius 2 is 1.85 bits per heavy atom. The number of benzene rings is 2. The van der Waals surface area contributed by atoms with E-state index in [1.807, 2.05) is 66.7 Å². The zero-order valence-corrected chi connectivity index (χ0v) is 17.7. The first kappa shape index (κ1) is 20.3. The van der Waals surface area contributed by atoms with Gasteiger partial charge in [-0.3, -0.25) is 4.98 Å². The molecule has 0 saturated carbocycles. The molecule has 33 heavy (non-hydrogen) atoms. The van der Waals surface area contributed by atoms with Crippen molar-refractivity contribution in [2.75, 3.05) is 12.4 Å². The maximum absolute atomic E-state index is 11.8. The predicted octanol–water partition coefficient (Wildman–Crippen LogP) is 4.75. The van der Waals surface area contributed by atoms with Crippen molar-refractivity contribution in [2.24, 2.45) is 0 Å². The summed E-state index contributed by atoms with van der Waals surface area (Å²) in [5, 5.41) is 8.24. The Hall–Kier alpha value is -4.59. The number of rotatable bonds is 6. The first-order valence-electron chi connectivity index (χ1n) is 10.3. The maximum Gasteiger partial charge on any atom is 0.376 e. The summed E-state index contributed by atoms with van der Waals surface area (Å²) in [6, 6.07) is 23.2. The molecule has 162 valence electrons. The topological polar surface area (TPSA) is 103 Å². The number of esters is 1. The third-order valence-corrected chi connectivity index (χ3v) is 5.10. The average molecular weight is 437 g/mol. The second-order valence-corrected chi connectivity index (χ2v) is 7.20. The second-order valence-electron chi connectivity index (χ2n) is 7.20. The normalized spacial score (nSPS) is 10.8. The molecule has 0 aliphatic heterocycles. The third kappa shape index (κ3) is 4.14. The van der Waals surface area contributed by atoms with Crippen LogP contribution in [0.3, 0.4) is 0 Å². The lowest BCUT2D eigenvalue weighted by Gasteiger charge is -2.13. The number of aromatic nitrogens is 4. The highest BCUT2D eigenvalue weighted by Crippen LogP contribution is 2.34. The average Bonchev–Trinajstić information content (AvgIpc) is 3.38. The van der Waals surface area contributed by atoms with E-state index in [4.69, 9.17) is 19.2 Å². The van der Waals surface area contributed by atoms with Gasteiger partial charge < -0.3 is 14.6 Å². The van der Waals surface area contributed by atoms with E-state index < -0.39 is 5.97 Å². The Balaban J connectivity index is 1.65. The zero-order valence-electron chi connectivity index (χ0n) is 17.7. The minimum atomic E-state index is -0.616. The molecule has 3 aromatic heterocycles. The van der Waals surface area contributed by atoms with Crippen LogP contribution in [0.15, 0.2) is 83.5 Å². The van der Waals surface area contributed by atoms with Gasteiger partial charge in [0.1, 0.15) is 5.82 Å². The van der Waals surface area contributed by atoms with E-state index in [2.05, 4.69) is 15.5 Å². The highest BCUT2D eigenvalue weighted by Gasteiger charge is 2.19. The number of methoxy groups -OCH3 is 1. The Morgan fingerprint density at radius 1 is 1.00 bits per heavy atom. The number of fused-ring (bicyclic) bond motifs is 1. The minimum Gasteiger partial charge on any atom is -0.463 e. The molecule has 8 heteroatoms. The van der Waals surface area contributed by atoms with Gasteiger partial charge in [0, 0.05) is 12.3 Å². The molecular weight excluding hydrogens is 418 g/mol. The zero-order chi connectivity index (χ0) is 22.6. The number of hydrogen-bond donors (Lipinski definition) is 1. The number of carbonyl (C=O) groups excluding carboxylic acids is 1. The lowest BCUT2D eigenvalue weighted by atomic mass is 10.0. The quantitative estimate of drug-likeness (QED) is 0.380. The fraction of sp³-hybridized carbons (Fsp3) is 0.0800. The fourth-order valence-electron chi connectivity index (χ4n) is 3.54. The van der Waals surface area contributed by atoms with Crippen LogP contribution in [0.25, 0.3) is 33.5 Å². The van der Waals surface area contributed by atoms with Crippen LogP contribution in [0.5, 0.6) is 0 Å².